The number of halogens is 2. The fraction of sp³-hybridized carbons (Fsp3) is 0.333. The third-order valence-electron chi connectivity index (χ3n) is 4.76. The summed E-state index contributed by atoms with van der Waals surface area (Å²) in [6.45, 7) is 1.36. The van der Waals surface area contributed by atoms with Crippen LogP contribution in [-0.2, 0) is 10.5 Å². The minimum Gasteiger partial charge on any atom is -0.438 e. The Hall–Kier alpha value is -2.07. The number of benzene rings is 1. The fourth-order valence-electron chi connectivity index (χ4n) is 3.38. The Morgan fingerprint density at radius 1 is 1.24 bits per heavy atom. The van der Waals surface area contributed by atoms with Gasteiger partial charge in [0.25, 0.3) is 5.56 Å². The highest BCUT2D eigenvalue weighted by Gasteiger charge is 2.21. The Bertz CT molecular complexity index is 1260. The predicted molar refractivity (Wildman–Crippen MR) is 111 cm³/mol. The number of ether oxygens (including phenoxy) is 1. The monoisotopic (exact) mass is 451 g/mol. The summed E-state index contributed by atoms with van der Waals surface area (Å²) < 4.78 is 13.0. The molecule has 11 heteroatoms. The molecule has 0 spiro atoms. The zero-order valence-corrected chi connectivity index (χ0v) is 17.4. The van der Waals surface area contributed by atoms with E-state index in [0.29, 0.717) is 62.2 Å². The lowest BCUT2D eigenvalue weighted by atomic mass is 10.1. The first-order valence-electron chi connectivity index (χ1n) is 9.01. The second-order valence-corrected chi connectivity index (χ2v) is 8.48. The maximum absolute atomic E-state index is 12.5. The van der Waals surface area contributed by atoms with Gasteiger partial charge in [0, 0.05) is 18.2 Å². The maximum Gasteiger partial charge on any atom is 0.262 e. The molecule has 1 aromatic carbocycles. The Morgan fingerprint density at radius 2 is 2.07 bits per heavy atom. The van der Waals surface area contributed by atoms with Gasteiger partial charge >= 0.3 is 0 Å². The van der Waals surface area contributed by atoms with Crippen LogP contribution < -0.4 is 5.56 Å². The Morgan fingerprint density at radius 3 is 2.90 bits per heavy atom. The fourth-order valence-corrected chi connectivity index (χ4v) is 4.60. The summed E-state index contributed by atoms with van der Waals surface area (Å²) in [4.78, 5) is 24.3. The molecule has 150 valence electrons. The molecule has 1 aliphatic heterocycles. The number of nitrogens with one attached hydrogen (secondary N) is 1. The number of rotatable bonds is 4. The van der Waals surface area contributed by atoms with Crippen LogP contribution in [0.2, 0.25) is 10.0 Å². The van der Waals surface area contributed by atoms with E-state index < -0.39 is 0 Å². The lowest BCUT2D eigenvalue weighted by molar-refractivity contribution is 0.0673. The molecule has 5 rings (SSSR count). The molecule has 0 aliphatic carbocycles. The standard InChI is InChI=1S/C18H15Cl2N5O3S/c19-9-5-12(20)15-13(6-9)22-14(28-15)8-29-18-23-16-11(17(26)24-18)7-21-25(16)10-1-3-27-4-2-10/h5-7,10H,1-4,8H2,(H,23,24,26). The van der Waals surface area contributed by atoms with Crippen LogP contribution >= 0.6 is 35.0 Å². The average Bonchev–Trinajstić information content (AvgIpc) is 3.31. The second kappa shape index (κ2) is 7.64. The minimum atomic E-state index is -0.219. The lowest BCUT2D eigenvalue weighted by Crippen LogP contribution is -2.21. The summed E-state index contributed by atoms with van der Waals surface area (Å²) in [5.74, 6) is 0.845. The van der Waals surface area contributed by atoms with Crippen molar-refractivity contribution in [2.24, 2.45) is 0 Å². The third-order valence-corrected chi connectivity index (χ3v) is 6.12. The first-order chi connectivity index (χ1) is 14.1. The highest BCUT2D eigenvalue weighted by atomic mass is 35.5. The van der Waals surface area contributed by atoms with E-state index in [1.165, 1.54) is 11.8 Å². The van der Waals surface area contributed by atoms with Crippen molar-refractivity contribution in [3.05, 3.63) is 44.6 Å². The van der Waals surface area contributed by atoms with Crippen molar-refractivity contribution in [1.29, 1.82) is 0 Å². The molecule has 0 bridgehead atoms. The molecule has 1 aliphatic rings. The zero-order chi connectivity index (χ0) is 20.0. The van der Waals surface area contributed by atoms with E-state index in [4.69, 9.17) is 32.4 Å². The molecule has 0 amide bonds. The van der Waals surface area contributed by atoms with Gasteiger partial charge in [-0.3, -0.25) is 4.79 Å². The van der Waals surface area contributed by atoms with Crippen molar-refractivity contribution in [1.82, 2.24) is 24.7 Å². The summed E-state index contributed by atoms with van der Waals surface area (Å²) in [7, 11) is 0. The summed E-state index contributed by atoms with van der Waals surface area (Å²) in [5.41, 5.74) is 1.44. The van der Waals surface area contributed by atoms with Crippen LogP contribution in [0.1, 0.15) is 24.8 Å². The van der Waals surface area contributed by atoms with Gasteiger partial charge in [0.2, 0.25) is 5.89 Å². The normalized spacial score (nSPS) is 15.5. The molecule has 8 nitrogen and oxygen atoms in total. The van der Waals surface area contributed by atoms with E-state index in [0.717, 1.165) is 12.8 Å². The molecular formula is C18H15Cl2N5O3S. The van der Waals surface area contributed by atoms with Gasteiger partial charge in [-0.2, -0.15) is 5.10 Å². The number of fused-ring (bicyclic) bond motifs is 2. The smallest absolute Gasteiger partial charge is 0.262 e. The molecular weight excluding hydrogens is 437 g/mol. The van der Waals surface area contributed by atoms with Crippen molar-refractivity contribution in [3.8, 4) is 0 Å². The summed E-state index contributed by atoms with van der Waals surface area (Å²) in [5, 5.41) is 6.25. The number of nitrogens with zero attached hydrogens (tertiary/aromatic N) is 4. The van der Waals surface area contributed by atoms with Gasteiger partial charge in [0.1, 0.15) is 10.9 Å². The number of H-pyrrole nitrogens is 1. The van der Waals surface area contributed by atoms with Crippen molar-refractivity contribution in [3.63, 3.8) is 0 Å². The molecule has 0 radical (unpaired) electrons. The van der Waals surface area contributed by atoms with Gasteiger partial charge in [-0.15, -0.1) is 0 Å². The topological polar surface area (TPSA) is 98.8 Å². The van der Waals surface area contributed by atoms with E-state index in [1.807, 2.05) is 4.68 Å². The number of oxazole rings is 1. The van der Waals surface area contributed by atoms with Crippen LogP contribution in [0.4, 0.5) is 0 Å². The number of aromatic amines is 1. The Labute approximate surface area is 178 Å². The van der Waals surface area contributed by atoms with Gasteiger partial charge < -0.3 is 14.1 Å². The maximum atomic E-state index is 12.5. The van der Waals surface area contributed by atoms with E-state index in [9.17, 15) is 4.79 Å². The molecule has 4 aromatic rings. The zero-order valence-electron chi connectivity index (χ0n) is 15.0. The Kier molecular flexibility index (Phi) is 4.99. The first kappa shape index (κ1) is 18.9. The molecule has 0 saturated carbocycles. The number of hydrogen-bond donors (Lipinski definition) is 1. The SMILES string of the molecule is O=c1[nH]c(SCc2nc3cc(Cl)cc(Cl)c3o2)nc2c1cnn2C1CCOCC1. The van der Waals surface area contributed by atoms with Crippen molar-refractivity contribution >= 4 is 57.1 Å². The van der Waals surface area contributed by atoms with Gasteiger partial charge in [0.05, 0.1) is 23.0 Å². The van der Waals surface area contributed by atoms with Gasteiger partial charge in [-0.1, -0.05) is 35.0 Å². The second-order valence-electron chi connectivity index (χ2n) is 6.67. The number of aromatic nitrogens is 5. The molecule has 1 fully saturated rings. The van der Waals surface area contributed by atoms with E-state index in [1.54, 1.807) is 18.3 Å². The minimum absolute atomic E-state index is 0.178. The van der Waals surface area contributed by atoms with Crippen molar-refractivity contribution in [2.75, 3.05) is 13.2 Å². The van der Waals surface area contributed by atoms with Gasteiger partial charge in [0.15, 0.2) is 16.4 Å². The van der Waals surface area contributed by atoms with Crippen molar-refractivity contribution in [2.45, 2.75) is 29.8 Å². The molecule has 29 heavy (non-hydrogen) atoms. The third kappa shape index (κ3) is 3.63. The molecule has 0 atom stereocenters. The van der Waals surface area contributed by atoms with Gasteiger partial charge in [-0.25, -0.2) is 14.6 Å². The summed E-state index contributed by atoms with van der Waals surface area (Å²) >= 11 is 13.5. The number of thioether (sulfide) groups is 1. The lowest BCUT2D eigenvalue weighted by Gasteiger charge is -2.22. The van der Waals surface area contributed by atoms with Crippen molar-refractivity contribution < 1.29 is 9.15 Å². The highest BCUT2D eigenvalue weighted by molar-refractivity contribution is 7.98. The molecule has 4 heterocycles. The van der Waals surface area contributed by atoms with E-state index >= 15 is 0 Å². The molecule has 3 aromatic heterocycles. The predicted octanol–water partition coefficient (Wildman–Crippen LogP) is 4.21. The van der Waals surface area contributed by atoms with E-state index in [-0.39, 0.29) is 11.6 Å². The van der Waals surface area contributed by atoms with Crippen LogP contribution in [0.3, 0.4) is 0 Å². The largest absolute Gasteiger partial charge is 0.438 e. The number of hydrogen-bond acceptors (Lipinski definition) is 7. The molecule has 1 saturated heterocycles. The Balaban J connectivity index is 1.43. The van der Waals surface area contributed by atoms with Crippen LogP contribution in [0, 0.1) is 0 Å². The summed E-state index contributed by atoms with van der Waals surface area (Å²) in [6, 6.07) is 3.48. The average molecular weight is 452 g/mol. The van der Waals surface area contributed by atoms with Crippen LogP contribution in [-0.4, -0.2) is 37.9 Å². The van der Waals surface area contributed by atoms with E-state index in [2.05, 4.69) is 20.1 Å². The van der Waals surface area contributed by atoms with Crippen LogP contribution in [0.15, 0.2) is 32.7 Å². The molecule has 1 N–H and O–H groups in total. The summed E-state index contributed by atoms with van der Waals surface area (Å²) in [6.07, 6.45) is 3.26. The quantitative estimate of drug-likeness (QED) is 0.366. The van der Waals surface area contributed by atoms with Crippen LogP contribution in [0.5, 0.6) is 0 Å². The van der Waals surface area contributed by atoms with Gasteiger partial charge in [-0.05, 0) is 25.0 Å². The van der Waals surface area contributed by atoms with Crippen LogP contribution in [0.25, 0.3) is 22.1 Å². The highest BCUT2D eigenvalue weighted by Crippen LogP contribution is 2.30. The molecule has 0 unspecified atom stereocenters. The first-order valence-corrected chi connectivity index (χ1v) is 10.7.